The van der Waals surface area contributed by atoms with Crippen LogP contribution in [0.15, 0.2) is 71.9 Å². The molecule has 0 amide bonds. The van der Waals surface area contributed by atoms with Crippen LogP contribution in [0.3, 0.4) is 0 Å². The fraction of sp³-hybridized carbons (Fsp3) is 0.379. The Labute approximate surface area is 195 Å². The lowest BCUT2D eigenvalue weighted by molar-refractivity contribution is 0.231. The Hall–Kier alpha value is -3.14. The normalized spacial score (nSPS) is 27.4. The van der Waals surface area contributed by atoms with Crippen molar-refractivity contribution in [3.8, 4) is 23.0 Å². The first-order chi connectivity index (χ1) is 16.1. The second-order valence-electron chi connectivity index (χ2n) is 9.97. The fourth-order valence-corrected chi connectivity index (χ4v) is 6.30. The molecule has 2 aromatic rings. The Morgan fingerprint density at radius 3 is 2.79 bits per heavy atom. The van der Waals surface area contributed by atoms with Crippen LogP contribution in [-0.2, 0) is 0 Å². The van der Waals surface area contributed by atoms with E-state index in [9.17, 15) is 5.11 Å². The lowest BCUT2D eigenvalue weighted by Gasteiger charge is -2.48. The molecule has 4 atom stereocenters. The fourth-order valence-electron chi connectivity index (χ4n) is 6.30. The molecule has 0 aliphatic heterocycles. The molecule has 4 unspecified atom stereocenters. The zero-order valence-electron chi connectivity index (χ0n) is 19.2. The van der Waals surface area contributed by atoms with Crippen molar-refractivity contribution in [2.24, 2.45) is 23.7 Å². The van der Waals surface area contributed by atoms with Gasteiger partial charge < -0.3 is 9.84 Å². The van der Waals surface area contributed by atoms with Gasteiger partial charge in [0, 0.05) is 6.07 Å². The number of aromatic nitrogens is 2. The molecule has 0 bridgehead atoms. The van der Waals surface area contributed by atoms with Crippen LogP contribution in [0.4, 0.5) is 0 Å². The van der Waals surface area contributed by atoms with Gasteiger partial charge in [-0.1, -0.05) is 48.1 Å². The van der Waals surface area contributed by atoms with E-state index in [1.165, 1.54) is 30.4 Å². The second kappa shape index (κ2) is 8.02. The SMILES string of the molecule is CC(C)Oc1cc(C2=CCC3C=CC4=C5C(CC=C4)CCC2C53)nc(-c2ccccc2O)n1. The number of phenolic OH excluding ortho intramolecular Hbond substituents is 1. The molecule has 1 aromatic carbocycles. The Morgan fingerprint density at radius 1 is 1.06 bits per heavy atom. The predicted molar refractivity (Wildman–Crippen MR) is 131 cm³/mol. The summed E-state index contributed by atoms with van der Waals surface area (Å²) in [5, 5.41) is 10.5. The summed E-state index contributed by atoms with van der Waals surface area (Å²) in [7, 11) is 0. The molecular formula is C29H30N2O2. The van der Waals surface area contributed by atoms with Crippen molar-refractivity contribution in [2.45, 2.75) is 45.6 Å². The minimum Gasteiger partial charge on any atom is -0.507 e. The molecule has 33 heavy (non-hydrogen) atoms. The van der Waals surface area contributed by atoms with E-state index in [1.807, 2.05) is 38.1 Å². The van der Waals surface area contributed by atoms with E-state index < -0.39 is 0 Å². The third kappa shape index (κ3) is 3.52. The molecule has 1 heterocycles. The maximum atomic E-state index is 10.5. The topological polar surface area (TPSA) is 55.2 Å². The average Bonchev–Trinajstić information content (AvgIpc) is 2.82. The van der Waals surface area contributed by atoms with Crippen molar-refractivity contribution < 1.29 is 9.84 Å². The van der Waals surface area contributed by atoms with E-state index in [4.69, 9.17) is 9.72 Å². The zero-order valence-corrected chi connectivity index (χ0v) is 19.2. The Kier molecular flexibility index (Phi) is 4.97. The number of allylic oxidation sites excluding steroid dienone is 8. The minimum atomic E-state index is 0.00958. The second-order valence-corrected chi connectivity index (χ2v) is 9.97. The van der Waals surface area contributed by atoms with E-state index in [1.54, 1.807) is 11.6 Å². The molecule has 6 rings (SSSR count). The van der Waals surface area contributed by atoms with Gasteiger partial charge in [-0.3, -0.25) is 0 Å². The highest BCUT2D eigenvalue weighted by Crippen LogP contribution is 2.56. The van der Waals surface area contributed by atoms with Crippen LogP contribution in [0.2, 0.25) is 0 Å². The molecule has 168 valence electrons. The number of hydrogen-bond donors (Lipinski definition) is 1. The summed E-state index contributed by atoms with van der Waals surface area (Å²) in [6.07, 6.45) is 16.5. The standard InChI is InChI=1S/C29H30N2O2/c1-17(2)33-26-16-24(30-29(31-26)23-8-3-4-9-25(23)32)21-14-12-20-11-10-18-6-5-7-19-13-15-22(21)28(20)27(18)19/h3-6,8-11,14,16-17,19-20,22,28,32H,7,12-13,15H2,1-2H3. The quantitative estimate of drug-likeness (QED) is 0.591. The number of nitrogens with zero attached hydrogens (tertiary/aromatic N) is 2. The largest absolute Gasteiger partial charge is 0.507 e. The molecular weight excluding hydrogens is 408 g/mol. The third-order valence-electron chi connectivity index (χ3n) is 7.60. The van der Waals surface area contributed by atoms with Gasteiger partial charge in [-0.2, -0.15) is 4.98 Å². The highest BCUT2D eigenvalue weighted by atomic mass is 16.5. The number of para-hydroxylation sites is 1. The molecule has 4 nitrogen and oxygen atoms in total. The smallest absolute Gasteiger partial charge is 0.217 e. The number of phenols is 1. The van der Waals surface area contributed by atoms with Gasteiger partial charge in [-0.25, -0.2) is 4.98 Å². The predicted octanol–water partition coefficient (Wildman–Crippen LogP) is 6.51. The monoisotopic (exact) mass is 438 g/mol. The number of ether oxygens (including phenoxy) is 1. The highest BCUT2D eigenvalue weighted by molar-refractivity contribution is 5.72. The first kappa shape index (κ1) is 20.5. The van der Waals surface area contributed by atoms with Gasteiger partial charge in [0.25, 0.3) is 0 Å². The van der Waals surface area contributed by atoms with Crippen LogP contribution >= 0.6 is 0 Å². The average molecular weight is 439 g/mol. The summed E-state index contributed by atoms with van der Waals surface area (Å²) in [4.78, 5) is 9.64. The van der Waals surface area contributed by atoms with Crippen LogP contribution in [0, 0.1) is 23.7 Å². The number of rotatable bonds is 4. The molecule has 0 spiro atoms. The van der Waals surface area contributed by atoms with Crippen LogP contribution in [0.1, 0.15) is 45.2 Å². The van der Waals surface area contributed by atoms with Crippen LogP contribution < -0.4 is 4.74 Å². The van der Waals surface area contributed by atoms with Gasteiger partial charge in [0.05, 0.1) is 17.4 Å². The molecule has 0 radical (unpaired) electrons. The molecule has 4 aliphatic rings. The van der Waals surface area contributed by atoms with Crippen molar-refractivity contribution in [2.75, 3.05) is 0 Å². The van der Waals surface area contributed by atoms with Crippen LogP contribution in [-0.4, -0.2) is 21.2 Å². The lowest BCUT2D eigenvalue weighted by Crippen LogP contribution is -2.38. The van der Waals surface area contributed by atoms with E-state index in [0.717, 1.165) is 12.1 Å². The molecule has 4 heteroatoms. The molecule has 4 aliphatic carbocycles. The first-order valence-corrected chi connectivity index (χ1v) is 12.2. The lowest BCUT2D eigenvalue weighted by atomic mass is 9.56. The van der Waals surface area contributed by atoms with Gasteiger partial charge >= 0.3 is 0 Å². The van der Waals surface area contributed by atoms with Crippen molar-refractivity contribution in [1.82, 2.24) is 9.97 Å². The molecule has 1 fully saturated rings. The summed E-state index contributed by atoms with van der Waals surface area (Å²) in [6.45, 7) is 4.01. The van der Waals surface area contributed by atoms with Crippen molar-refractivity contribution >= 4 is 5.57 Å². The van der Waals surface area contributed by atoms with Gasteiger partial charge in [-0.05, 0) is 86.5 Å². The van der Waals surface area contributed by atoms with Crippen molar-refractivity contribution in [1.29, 1.82) is 0 Å². The maximum Gasteiger partial charge on any atom is 0.217 e. The van der Waals surface area contributed by atoms with Crippen LogP contribution in [0.25, 0.3) is 17.0 Å². The van der Waals surface area contributed by atoms with E-state index >= 15 is 0 Å². The van der Waals surface area contributed by atoms with E-state index in [-0.39, 0.29) is 11.9 Å². The van der Waals surface area contributed by atoms with Crippen molar-refractivity contribution in [3.63, 3.8) is 0 Å². The van der Waals surface area contributed by atoms with Gasteiger partial charge in [0.2, 0.25) is 5.88 Å². The highest BCUT2D eigenvalue weighted by Gasteiger charge is 2.45. The van der Waals surface area contributed by atoms with Gasteiger partial charge in [0.1, 0.15) is 5.75 Å². The summed E-state index contributed by atoms with van der Waals surface area (Å²) in [5.74, 6) is 3.56. The zero-order chi connectivity index (χ0) is 22.5. The van der Waals surface area contributed by atoms with Gasteiger partial charge in [0.15, 0.2) is 5.82 Å². The summed E-state index contributed by atoms with van der Waals surface area (Å²) < 4.78 is 6.03. The molecule has 1 aromatic heterocycles. The molecule has 1 N–H and O–H groups in total. The number of benzene rings is 1. The van der Waals surface area contributed by atoms with Crippen LogP contribution in [0.5, 0.6) is 11.6 Å². The summed E-state index contributed by atoms with van der Waals surface area (Å²) in [6, 6.07) is 9.26. The van der Waals surface area contributed by atoms with E-state index in [0.29, 0.717) is 40.9 Å². The Bertz CT molecular complexity index is 1220. The molecule has 0 saturated heterocycles. The molecule has 1 saturated carbocycles. The Morgan fingerprint density at radius 2 is 1.94 bits per heavy atom. The maximum absolute atomic E-state index is 10.5. The van der Waals surface area contributed by atoms with Gasteiger partial charge in [-0.15, -0.1) is 0 Å². The Balaban J connectivity index is 1.45. The van der Waals surface area contributed by atoms with E-state index in [2.05, 4.69) is 35.4 Å². The number of hydrogen-bond acceptors (Lipinski definition) is 4. The summed E-state index contributed by atoms with van der Waals surface area (Å²) in [5.41, 5.74) is 6.01. The van der Waals surface area contributed by atoms with Crippen molar-refractivity contribution in [3.05, 3.63) is 77.6 Å². The first-order valence-electron chi connectivity index (χ1n) is 12.2. The third-order valence-corrected chi connectivity index (χ3v) is 7.60. The summed E-state index contributed by atoms with van der Waals surface area (Å²) >= 11 is 0. The minimum absolute atomic E-state index is 0.00958. The number of aromatic hydroxyl groups is 1.